The van der Waals surface area contributed by atoms with Gasteiger partial charge in [-0.2, -0.15) is 0 Å². The van der Waals surface area contributed by atoms with Gasteiger partial charge < -0.3 is 5.11 Å². The number of rotatable bonds is 5. The lowest BCUT2D eigenvalue weighted by atomic mass is 10.0. The van der Waals surface area contributed by atoms with Crippen molar-refractivity contribution in [3.05, 3.63) is 44.8 Å². The summed E-state index contributed by atoms with van der Waals surface area (Å²) in [5, 5.41) is 20.2. The molecule has 0 aromatic heterocycles. The number of thioether (sulfide) groups is 1. The molecule has 2 rings (SSSR count). The minimum atomic E-state index is -1.13. The van der Waals surface area contributed by atoms with E-state index in [1.165, 1.54) is 24.3 Å². The van der Waals surface area contributed by atoms with Crippen LogP contribution in [0.4, 0.5) is 5.69 Å². The molecule has 1 heterocycles. The van der Waals surface area contributed by atoms with Gasteiger partial charge in [0.1, 0.15) is 10.4 Å². The van der Waals surface area contributed by atoms with E-state index in [9.17, 15) is 24.8 Å². The van der Waals surface area contributed by atoms with Crippen molar-refractivity contribution >= 4 is 51.9 Å². The van der Waals surface area contributed by atoms with Gasteiger partial charge in [-0.1, -0.05) is 50.0 Å². The highest BCUT2D eigenvalue weighted by atomic mass is 32.2. The van der Waals surface area contributed by atoms with Crippen LogP contribution in [-0.4, -0.2) is 37.2 Å². The van der Waals surface area contributed by atoms with E-state index in [1.54, 1.807) is 19.9 Å². The molecule has 1 saturated heterocycles. The lowest BCUT2D eigenvalue weighted by molar-refractivity contribution is -0.384. The van der Waals surface area contributed by atoms with Gasteiger partial charge in [-0.15, -0.1) is 0 Å². The summed E-state index contributed by atoms with van der Waals surface area (Å²) in [6.45, 7) is 3.39. The number of nitrogens with zero attached hydrogens (tertiary/aromatic N) is 2. The summed E-state index contributed by atoms with van der Waals surface area (Å²) in [7, 11) is 0. The maximum absolute atomic E-state index is 12.5. The average Bonchev–Trinajstić information content (AvgIpc) is 2.75. The highest BCUT2D eigenvalue weighted by Gasteiger charge is 2.41. The second-order valence-electron chi connectivity index (χ2n) is 5.43. The number of aliphatic carboxylic acids is 1. The maximum atomic E-state index is 12.5. The molecule has 1 aliphatic rings. The van der Waals surface area contributed by atoms with Crippen LogP contribution in [0.3, 0.4) is 0 Å². The first kappa shape index (κ1) is 18.1. The van der Waals surface area contributed by atoms with Crippen LogP contribution in [0.5, 0.6) is 0 Å². The number of hydrogen-bond acceptors (Lipinski definition) is 6. The van der Waals surface area contributed by atoms with Gasteiger partial charge in [0.25, 0.3) is 11.6 Å². The number of nitro groups is 1. The Labute approximate surface area is 147 Å². The lowest BCUT2D eigenvalue weighted by Crippen LogP contribution is -2.47. The predicted molar refractivity (Wildman–Crippen MR) is 94.4 cm³/mol. The van der Waals surface area contributed by atoms with E-state index in [1.807, 2.05) is 0 Å². The second kappa shape index (κ2) is 7.10. The largest absolute Gasteiger partial charge is 0.480 e. The minimum Gasteiger partial charge on any atom is -0.480 e. The maximum Gasteiger partial charge on any atom is 0.327 e. The van der Waals surface area contributed by atoms with Crippen molar-refractivity contribution in [1.29, 1.82) is 0 Å². The van der Waals surface area contributed by atoms with E-state index in [4.69, 9.17) is 12.2 Å². The Morgan fingerprint density at radius 3 is 2.67 bits per heavy atom. The van der Waals surface area contributed by atoms with Crippen LogP contribution in [0.1, 0.15) is 19.4 Å². The molecule has 1 atom stereocenters. The van der Waals surface area contributed by atoms with E-state index in [0.29, 0.717) is 5.56 Å². The molecule has 1 amide bonds. The van der Waals surface area contributed by atoms with Crippen LogP contribution in [-0.2, 0) is 9.59 Å². The molecule has 0 bridgehead atoms. The molecule has 0 radical (unpaired) electrons. The van der Waals surface area contributed by atoms with Crippen molar-refractivity contribution in [2.75, 3.05) is 0 Å². The fourth-order valence-electron chi connectivity index (χ4n) is 2.29. The molecule has 0 spiro atoms. The third-order valence-corrected chi connectivity index (χ3v) is 4.70. The van der Waals surface area contributed by atoms with Crippen LogP contribution in [0, 0.1) is 16.0 Å². The van der Waals surface area contributed by atoms with Gasteiger partial charge >= 0.3 is 5.97 Å². The van der Waals surface area contributed by atoms with Gasteiger partial charge in [0.05, 0.1) is 9.83 Å². The highest BCUT2D eigenvalue weighted by Crippen LogP contribution is 2.35. The molecule has 0 aliphatic carbocycles. The first-order valence-corrected chi connectivity index (χ1v) is 8.19. The summed E-state index contributed by atoms with van der Waals surface area (Å²) in [5.74, 6) is -1.95. The number of nitro benzene ring substituents is 1. The zero-order valence-electron chi connectivity index (χ0n) is 12.8. The van der Waals surface area contributed by atoms with Gasteiger partial charge in [0.2, 0.25) is 0 Å². The summed E-state index contributed by atoms with van der Waals surface area (Å²) in [6.07, 6.45) is 1.48. The monoisotopic (exact) mass is 366 g/mol. The molecule has 0 unspecified atom stereocenters. The minimum absolute atomic E-state index is 0.0928. The van der Waals surface area contributed by atoms with Crippen LogP contribution < -0.4 is 0 Å². The average molecular weight is 366 g/mol. The Bertz CT molecular complexity index is 760. The fourth-order valence-corrected chi connectivity index (χ4v) is 3.62. The van der Waals surface area contributed by atoms with E-state index >= 15 is 0 Å². The number of amides is 1. The Balaban J connectivity index is 2.36. The number of carboxylic acid groups (broad SMARTS) is 1. The number of thiocarbonyl (C=S) groups is 1. The molecule has 1 N–H and O–H groups in total. The van der Waals surface area contributed by atoms with Crippen LogP contribution in [0.2, 0.25) is 0 Å². The highest BCUT2D eigenvalue weighted by molar-refractivity contribution is 8.26. The number of benzene rings is 1. The van der Waals surface area contributed by atoms with Crippen molar-refractivity contribution in [2.24, 2.45) is 5.92 Å². The summed E-state index contributed by atoms with van der Waals surface area (Å²) < 4.78 is 0.165. The summed E-state index contributed by atoms with van der Waals surface area (Å²) in [5.41, 5.74) is 0.381. The number of non-ortho nitro benzene ring substituents is 1. The third-order valence-electron chi connectivity index (χ3n) is 3.37. The van der Waals surface area contributed by atoms with Gasteiger partial charge in [0.15, 0.2) is 0 Å². The standard InChI is InChI=1S/C15H14N2O5S2/c1-8(2)12(14(19)20)16-13(18)11(24-15(16)23)7-9-4-3-5-10(6-9)17(21)22/h3-8,12H,1-2H3,(H,19,20)/b11-7-/t12-/m0/s1. The smallest absolute Gasteiger partial charge is 0.327 e. The Kier molecular flexibility index (Phi) is 5.35. The molecular weight excluding hydrogens is 352 g/mol. The van der Waals surface area contributed by atoms with Crippen LogP contribution in [0.15, 0.2) is 29.2 Å². The Hall–Kier alpha value is -2.26. The fraction of sp³-hybridized carbons (Fsp3) is 0.267. The summed E-state index contributed by atoms with van der Waals surface area (Å²) in [4.78, 5) is 35.6. The topological polar surface area (TPSA) is 101 Å². The number of carboxylic acids is 1. The van der Waals surface area contributed by atoms with E-state index < -0.39 is 22.8 Å². The molecule has 7 nitrogen and oxygen atoms in total. The first-order valence-electron chi connectivity index (χ1n) is 6.96. The van der Waals surface area contributed by atoms with Gasteiger partial charge in [0, 0.05) is 12.1 Å². The van der Waals surface area contributed by atoms with Gasteiger partial charge in [-0.05, 0) is 17.6 Å². The molecule has 1 aromatic carbocycles. The Morgan fingerprint density at radius 1 is 1.46 bits per heavy atom. The summed E-state index contributed by atoms with van der Waals surface area (Å²) >= 11 is 6.14. The molecule has 126 valence electrons. The molecule has 9 heteroatoms. The van der Waals surface area contributed by atoms with Crippen LogP contribution >= 0.6 is 24.0 Å². The van der Waals surface area contributed by atoms with E-state index in [-0.39, 0.29) is 20.8 Å². The lowest BCUT2D eigenvalue weighted by Gasteiger charge is -2.26. The predicted octanol–water partition coefficient (Wildman–Crippen LogP) is 2.91. The molecule has 1 aliphatic heterocycles. The molecular formula is C15H14N2O5S2. The van der Waals surface area contributed by atoms with E-state index in [0.717, 1.165) is 16.7 Å². The van der Waals surface area contributed by atoms with Crippen molar-refractivity contribution in [3.63, 3.8) is 0 Å². The number of carbonyl (C=O) groups is 2. The number of carbonyl (C=O) groups excluding carboxylic acids is 1. The van der Waals surface area contributed by atoms with Gasteiger partial charge in [-0.3, -0.25) is 19.8 Å². The molecule has 24 heavy (non-hydrogen) atoms. The molecule has 1 fully saturated rings. The molecule has 0 saturated carbocycles. The second-order valence-corrected chi connectivity index (χ2v) is 7.11. The molecule has 1 aromatic rings. The van der Waals surface area contributed by atoms with Crippen molar-refractivity contribution < 1.29 is 19.6 Å². The van der Waals surface area contributed by atoms with Crippen molar-refractivity contribution in [2.45, 2.75) is 19.9 Å². The third kappa shape index (κ3) is 3.62. The van der Waals surface area contributed by atoms with Crippen LogP contribution in [0.25, 0.3) is 6.08 Å². The quantitative estimate of drug-likeness (QED) is 0.370. The van der Waals surface area contributed by atoms with Gasteiger partial charge in [-0.25, -0.2) is 4.79 Å². The first-order chi connectivity index (χ1) is 11.2. The van der Waals surface area contributed by atoms with E-state index in [2.05, 4.69) is 0 Å². The zero-order chi connectivity index (χ0) is 18.0. The van der Waals surface area contributed by atoms with Crippen molar-refractivity contribution in [3.8, 4) is 0 Å². The normalized spacial score (nSPS) is 17.6. The van der Waals surface area contributed by atoms with Crippen molar-refractivity contribution in [1.82, 2.24) is 4.90 Å². The SMILES string of the molecule is CC(C)[C@@H](C(=O)O)N1C(=O)/C(=C/c2cccc([N+](=O)[O-])c2)SC1=S. The number of hydrogen-bond donors (Lipinski definition) is 1. The Morgan fingerprint density at radius 2 is 2.12 bits per heavy atom. The summed E-state index contributed by atoms with van der Waals surface area (Å²) in [6, 6.07) is 4.77. The zero-order valence-corrected chi connectivity index (χ0v) is 14.5.